The average Bonchev–Trinajstić information content (AvgIpc) is 3.13. The van der Waals surface area contributed by atoms with Crippen LogP contribution in [0.1, 0.15) is 36.8 Å². The van der Waals surface area contributed by atoms with Crippen LogP contribution in [-0.4, -0.2) is 62.2 Å². The number of hydrogen-bond acceptors (Lipinski definition) is 4. The van der Waals surface area contributed by atoms with Gasteiger partial charge in [0.05, 0.1) is 18.6 Å². The molecular weight excluding hydrogens is 328 g/mol. The molecule has 3 aliphatic heterocycles. The van der Waals surface area contributed by atoms with E-state index in [0.717, 1.165) is 77.2 Å². The van der Waals surface area contributed by atoms with Crippen LogP contribution in [0.15, 0.2) is 18.2 Å². The first-order valence-electron chi connectivity index (χ1n) is 9.95. The Morgan fingerprint density at radius 1 is 1.19 bits per heavy atom. The van der Waals surface area contributed by atoms with Crippen molar-refractivity contribution in [2.45, 2.75) is 38.6 Å². The van der Waals surface area contributed by atoms with Crippen LogP contribution in [0, 0.1) is 5.41 Å². The molecule has 0 N–H and O–H groups in total. The predicted molar refractivity (Wildman–Crippen MR) is 100 cm³/mol. The van der Waals surface area contributed by atoms with E-state index in [2.05, 4.69) is 23.1 Å². The van der Waals surface area contributed by atoms with Crippen LogP contribution >= 0.6 is 0 Å². The molecular formula is C21H30N2O3. The zero-order valence-electron chi connectivity index (χ0n) is 15.8. The number of hydrogen-bond donors (Lipinski definition) is 0. The standard InChI is InChI=1S/C21H30N2O3/c1-25-14-12-23-9-2-6-21(20(23)24)7-10-22(11-8-21)16-17-3-4-19-18(15-17)5-13-26-19/h3-4,15H,2,5-14,16H2,1H3. The number of piperidine rings is 2. The summed E-state index contributed by atoms with van der Waals surface area (Å²) in [7, 11) is 1.70. The molecule has 142 valence electrons. The van der Waals surface area contributed by atoms with Crippen molar-refractivity contribution < 1.29 is 14.3 Å². The van der Waals surface area contributed by atoms with Crippen molar-refractivity contribution in [3.63, 3.8) is 0 Å². The number of nitrogens with zero attached hydrogens (tertiary/aromatic N) is 2. The number of ether oxygens (including phenoxy) is 2. The molecule has 0 bridgehead atoms. The lowest BCUT2D eigenvalue weighted by Gasteiger charge is -2.46. The first-order valence-corrected chi connectivity index (χ1v) is 9.95. The quantitative estimate of drug-likeness (QED) is 0.811. The highest BCUT2D eigenvalue weighted by molar-refractivity contribution is 5.83. The van der Waals surface area contributed by atoms with Gasteiger partial charge in [0.15, 0.2) is 0 Å². The second-order valence-corrected chi connectivity index (χ2v) is 7.99. The highest BCUT2D eigenvalue weighted by atomic mass is 16.5. The van der Waals surface area contributed by atoms with E-state index < -0.39 is 0 Å². The number of fused-ring (bicyclic) bond motifs is 1. The van der Waals surface area contributed by atoms with Crippen LogP contribution in [0.3, 0.4) is 0 Å². The molecule has 0 radical (unpaired) electrons. The molecule has 3 heterocycles. The van der Waals surface area contributed by atoms with Crippen LogP contribution < -0.4 is 4.74 Å². The maximum Gasteiger partial charge on any atom is 0.228 e. The largest absolute Gasteiger partial charge is 0.493 e. The van der Waals surface area contributed by atoms with Gasteiger partial charge in [-0.1, -0.05) is 12.1 Å². The third-order valence-corrected chi connectivity index (χ3v) is 6.36. The zero-order valence-corrected chi connectivity index (χ0v) is 15.8. The van der Waals surface area contributed by atoms with Gasteiger partial charge >= 0.3 is 0 Å². The first kappa shape index (κ1) is 17.8. The molecule has 0 atom stereocenters. The molecule has 1 aromatic carbocycles. The van der Waals surface area contributed by atoms with Crippen LogP contribution in [0.25, 0.3) is 0 Å². The summed E-state index contributed by atoms with van der Waals surface area (Å²) in [5.74, 6) is 1.42. The lowest BCUT2D eigenvalue weighted by molar-refractivity contribution is -0.150. The van der Waals surface area contributed by atoms with E-state index in [-0.39, 0.29) is 5.41 Å². The molecule has 5 heteroatoms. The molecule has 3 aliphatic rings. The van der Waals surface area contributed by atoms with Crippen molar-refractivity contribution in [2.24, 2.45) is 5.41 Å². The van der Waals surface area contributed by atoms with Crippen molar-refractivity contribution in [1.82, 2.24) is 9.80 Å². The number of methoxy groups -OCH3 is 1. The highest BCUT2D eigenvalue weighted by Gasteiger charge is 2.45. The molecule has 2 fully saturated rings. The number of carbonyl (C=O) groups excluding carboxylic acids is 1. The van der Waals surface area contributed by atoms with Crippen molar-refractivity contribution in [3.8, 4) is 5.75 Å². The second kappa shape index (κ2) is 7.57. The third-order valence-electron chi connectivity index (χ3n) is 6.36. The number of benzene rings is 1. The van der Waals surface area contributed by atoms with Crippen molar-refractivity contribution in [3.05, 3.63) is 29.3 Å². The van der Waals surface area contributed by atoms with Crippen LogP contribution in [0.4, 0.5) is 0 Å². The molecule has 2 saturated heterocycles. The van der Waals surface area contributed by atoms with Crippen LogP contribution in [0.2, 0.25) is 0 Å². The maximum atomic E-state index is 13.0. The molecule has 26 heavy (non-hydrogen) atoms. The monoisotopic (exact) mass is 358 g/mol. The highest BCUT2D eigenvalue weighted by Crippen LogP contribution is 2.41. The zero-order chi connectivity index (χ0) is 18.0. The van der Waals surface area contributed by atoms with Crippen molar-refractivity contribution in [2.75, 3.05) is 46.5 Å². The van der Waals surface area contributed by atoms with Gasteiger partial charge in [-0.25, -0.2) is 0 Å². The smallest absolute Gasteiger partial charge is 0.228 e. The van der Waals surface area contributed by atoms with Gasteiger partial charge in [0, 0.05) is 33.2 Å². The fourth-order valence-corrected chi connectivity index (χ4v) is 4.77. The number of amides is 1. The Morgan fingerprint density at radius 3 is 2.85 bits per heavy atom. The minimum absolute atomic E-state index is 0.117. The van der Waals surface area contributed by atoms with Gasteiger partial charge in [0.25, 0.3) is 0 Å². The number of carbonyl (C=O) groups is 1. The van der Waals surface area contributed by atoms with E-state index in [1.165, 1.54) is 11.1 Å². The fourth-order valence-electron chi connectivity index (χ4n) is 4.77. The Balaban J connectivity index is 1.35. The van der Waals surface area contributed by atoms with E-state index in [0.29, 0.717) is 12.5 Å². The van der Waals surface area contributed by atoms with Crippen molar-refractivity contribution >= 4 is 5.91 Å². The normalized spacial score (nSPS) is 22.5. The lowest BCUT2D eigenvalue weighted by atomic mass is 9.71. The second-order valence-electron chi connectivity index (χ2n) is 7.99. The number of likely N-dealkylation sites (tertiary alicyclic amines) is 2. The van der Waals surface area contributed by atoms with E-state index in [1.54, 1.807) is 7.11 Å². The van der Waals surface area contributed by atoms with Gasteiger partial charge in [-0.15, -0.1) is 0 Å². The summed E-state index contributed by atoms with van der Waals surface area (Å²) >= 11 is 0. The van der Waals surface area contributed by atoms with Crippen LogP contribution in [0.5, 0.6) is 5.75 Å². The van der Waals surface area contributed by atoms with E-state index in [9.17, 15) is 4.79 Å². The summed E-state index contributed by atoms with van der Waals surface area (Å²) in [5.41, 5.74) is 2.59. The predicted octanol–water partition coefficient (Wildman–Crippen LogP) is 2.47. The summed E-state index contributed by atoms with van der Waals surface area (Å²) in [5, 5.41) is 0. The Morgan fingerprint density at radius 2 is 2.04 bits per heavy atom. The topological polar surface area (TPSA) is 42.0 Å². The summed E-state index contributed by atoms with van der Waals surface area (Å²) in [4.78, 5) is 17.6. The fraction of sp³-hybridized carbons (Fsp3) is 0.667. The SMILES string of the molecule is COCCN1CCCC2(CCN(Cc3ccc4c(c3)CCO4)CC2)C1=O. The molecule has 1 spiro atoms. The average molecular weight is 358 g/mol. The minimum atomic E-state index is -0.117. The number of rotatable bonds is 5. The Kier molecular flexibility index (Phi) is 5.18. The van der Waals surface area contributed by atoms with Gasteiger partial charge in [-0.2, -0.15) is 0 Å². The molecule has 4 rings (SSSR count). The van der Waals surface area contributed by atoms with E-state index in [1.807, 2.05) is 4.90 Å². The molecule has 0 saturated carbocycles. The summed E-state index contributed by atoms with van der Waals surface area (Å²) in [6.45, 7) is 6.07. The van der Waals surface area contributed by atoms with Gasteiger partial charge in [-0.05, 0) is 56.0 Å². The molecule has 5 nitrogen and oxygen atoms in total. The lowest BCUT2D eigenvalue weighted by Crippen LogP contribution is -2.54. The Labute approximate surface area is 156 Å². The molecule has 1 amide bonds. The third kappa shape index (κ3) is 3.47. The molecule has 0 aliphatic carbocycles. The van der Waals surface area contributed by atoms with E-state index in [4.69, 9.17) is 9.47 Å². The van der Waals surface area contributed by atoms with Gasteiger partial charge < -0.3 is 14.4 Å². The summed E-state index contributed by atoms with van der Waals surface area (Å²) in [6, 6.07) is 6.60. The van der Waals surface area contributed by atoms with Crippen LogP contribution in [-0.2, 0) is 22.5 Å². The summed E-state index contributed by atoms with van der Waals surface area (Å²) in [6.07, 6.45) is 5.18. The molecule has 1 aromatic rings. The molecule has 0 aromatic heterocycles. The maximum absolute atomic E-state index is 13.0. The first-order chi connectivity index (χ1) is 12.7. The summed E-state index contributed by atoms with van der Waals surface area (Å²) < 4.78 is 10.8. The van der Waals surface area contributed by atoms with Gasteiger partial charge in [0.1, 0.15) is 5.75 Å². The van der Waals surface area contributed by atoms with E-state index >= 15 is 0 Å². The minimum Gasteiger partial charge on any atom is -0.493 e. The van der Waals surface area contributed by atoms with Gasteiger partial charge in [0.2, 0.25) is 5.91 Å². The molecule has 0 unspecified atom stereocenters. The Hall–Kier alpha value is -1.59. The van der Waals surface area contributed by atoms with Crippen molar-refractivity contribution in [1.29, 1.82) is 0 Å². The van der Waals surface area contributed by atoms with Gasteiger partial charge in [-0.3, -0.25) is 9.69 Å². The Bertz CT molecular complexity index is 653.